The van der Waals surface area contributed by atoms with Gasteiger partial charge in [0.15, 0.2) is 5.75 Å². The number of imidazole rings is 1. The number of aromatic amines is 1. The number of amides is 1. The molecule has 4 aromatic rings. The fraction of sp³-hybridized carbons (Fsp3) is 0.381. The van der Waals surface area contributed by atoms with Crippen LogP contribution in [0.1, 0.15) is 60.5 Å². The van der Waals surface area contributed by atoms with Crippen molar-refractivity contribution in [3.05, 3.63) is 59.6 Å². The van der Waals surface area contributed by atoms with E-state index in [1.165, 1.54) is 40.1 Å². The Kier molecular flexibility index (Phi) is 4.88. The number of halogens is 3. The number of alkyl halides is 3. The number of hydrogen-bond donors (Lipinski definition) is 1. The third-order valence-electron chi connectivity index (χ3n) is 5.42. The van der Waals surface area contributed by atoms with Gasteiger partial charge in [-0.05, 0) is 18.2 Å². The molecule has 13 heteroatoms. The lowest BCUT2D eigenvalue weighted by Gasteiger charge is -2.32. The zero-order valence-corrected chi connectivity index (χ0v) is 18.4. The maximum Gasteiger partial charge on any atom is 0.573 e. The van der Waals surface area contributed by atoms with E-state index in [1.54, 1.807) is 0 Å². The van der Waals surface area contributed by atoms with Gasteiger partial charge in [-0.3, -0.25) is 4.79 Å². The largest absolute Gasteiger partial charge is 0.573 e. The number of carbonyl (C=O) groups is 1. The van der Waals surface area contributed by atoms with E-state index in [1.807, 2.05) is 20.8 Å². The minimum absolute atomic E-state index is 0.0951. The van der Waals surface area contributed by atoms with Crippen molar-refractivity contribution in [2.45, 2.75) is 45.0 Å². The van der Waals surface area contributed by atoms with Gasteiger partial charge >= 0.3 is 18.2 Å². The lowest BCUT2D eigenvalue weighted by Crippen LogP contribution is -2.41. The number of aromatic nitrogens is 6. The molecule has 5 heterocycles. The van der Waals surface area contributed by atoms with Gasteiger partial charge in [0, 0.05) is 30.3 Å². The van der Waals surface area contributed by atoms with E-state index in [9.17, 15) is 18.0 Å². The van der Waals surface area contributed by atoms with Gasteiger partial charge in [-0.1, -0.05) is 20.8 Å². The van der Waals surface area contributed by atoms with E-state index in [0.29, 0.717) is 23.7 Å². The van der Waals surface area contributed by atoms with Crippen molar-refractivity contribution in [2.75, 3.05) is 6.54 Å². The molecule has 0 saturated heterocycles. The number of rotatable bonds is 3. The Morgan fingerprint density at radius 3 is 2.76 bits per heavy atom. The zero-order valence-electron chi connectivity index (χ0n) is 18.4. The lowest BCUT2D eigenvalue weighted by molar-refractivity contribution is -0.274. The summed E-state index contributed by atoms with van der Waals surface area (Å²) in [5.41, 5.74) is 1.31. The van der Waals surface area contributed by atoms with Crippen LogP contribution < -0.4 is 4.74 Å². The molecule has 0 saturated carbocycles. The molecule has 178 valence electrons. The maximum atomic E-state index is 13.4. The Balaban J connectivity index is 1.58. The van der Waals surface area contributed by atoms with Gasteiger partial charge in [0.05, 0.1) is 17.7 Å². The Morgan fingerprint density at radius 1 is 1.26 bits per heavy atom. The van der Waals surface area contributed by atoms with Crippen LogP contribution in [-0.4, -0.2) is 53.5 Å². The predicted molar refractivity (Wildman–Crippen MR) is 110 cm³/mol. The summed E-state index contributed by atoms with van der Waals surface area (Å²) in [5, 5.41) is 12.3. The smallest absolute Gasteiger partial charge is 0.416 e. The second kappa shape index (κ2) is 7.57. The number of pyridine rings is 1. The molecule has 0 unspecified atom stereocenters. The Morgan fingerprint density at radius 2 is 2.06 bits per heavy atom. The first kappa shape index (κ1) is 21.9. The summed E-state index contributed by atoms with van der Waals surface area (Å²) in [6.07, 6.45) is -1.37. The first-order valence-corrected chi connectivity index (χ1v) is 10.4. The number of H-pyrrole nitrogens is 1. The van der Waals surface area contributed by atoms with E-state index in [2.05, 4.69) is 30.0 Å². The molecule has 1 aliphatic rings. The Labute approximate surface area is 190 Å². The number of carbonyl (C=O) groups excluding carboxylic acids is 1. The molecule has 4 aromatic heterocycles. The van der Waals surface area contributed by atoms with Crippen molar-refractivity contribution in [2.24, 2.45) is 0 Å². The molecule has 1 aliphatic heterocycles. The van der Waals surface area contributed by atoms with Crippen LogP contribution in [-0.2, 0) is 11.8 Å². The van der Waals surface area contributed by atoms with Crippen molar-refractivity contribution in [1.29, 1.82) is 0 Å². The predicted octanol–water partition coefficient (Wildman–Crippen LogP) is 3.42. The summed E-state index contributed by atoms with van der Waals surface area (Å²) in [5.74, 6) is -0.799. The van der Waals surface area contributed by atoms with Crippen LogP contribution >= 0.6 is 0 Å². The molecule has 0 aromatic carbocycles. The minimum Gasteiger partial charge on any atom is -0.416 e. The number of hydrogen-bond acceptors (Lipinski definition) is 7. The van der Waals surface area contributed by atoms with Crippen molar-refractivity contribution < 1.29 is 27.1 Å². The summed E-state index contributed by atoms with van der Waals surface area (Å²) >= 11 is 0. The summed E-state index contributed by atoms with van der Waals surface area (Å²) in [6, 6.07) is 3.25. The molecule has 0 bridgehead atoms. The monoisotopic (exact) mass is 475 g/mol. The molecule has 1 N–H and O–H groups in total. The third kappa shape index (κ3) is 3.86. The first-order valence-electron chi connectivity index (χ1n) is 10.4. The molecule has 0 radical (unpaired) electrons. The Bertz CT molecular complexity index is 1370. The number of nitrogens with zero attached hydrogens (tertiary/aromatic N) is 6. The third-order valence-corrected chi connectivity index (χ3v) is 5.42. The van der Waals surface area contributed by atoms with E-state index in [-0.39, 0.29) is 18.0 Å². The van der Waals surface area contributed by atoms with Crippen LogP contribution in [0.4, 0.5) is 13.2 Å². The average molecular weight is 475 g/mol. The minimum atomic E-state index is -4.86. The van der Waals surface area contributed by atoms with Crippen LogP contribution in [0.3, 0.4) is 0 Å². The molecule has 1 amide bonds. The Hall–Kier alpha value is -3.90. The fourth-order valence-electron chi connectivity index (χ4n) is 3.88. The van der Waals surface area contributed by atoms with Crippen LogP contribution in [0, 0.1) is 0 Å². The van der Waals surface area contributed by atoms with E-state index in [0.717, 1.165) is 5.69 Å². The summed E-state index contributed by atoms with van der Waals surface area (Å²) in [7, 11) is 0. The van der Waals surface area contributed by atoms with Gasteiger partial charge < -0.3 is 19.0 Å². The molecule has 1 atom stereocenters. The van der Waals surface area contributed by atoms with Gasteiger partial charge in [-0.2, -0.15) is 5.10 Å². The SMILES string of the molecule is CC(C)(C)c1nnc(C(=O)N2CCc3[nH]cnc3[C@@H]2c2cc3c(OC(F)(F)F)cccn3n2)o1. The summed E-state index contributed by atoms with van der Waals surface area (Å²) in [6.45, 7) is 5.93. The highest BCUT2D eigenvalue weighted by Crippen LogP contribution is 2.36. The quantitative estimate of drug-likeness (QED) is 0.483. The second-order valence-electron chi connectivity index (χ2n) is 8.90. The normalized spacial score (nSPS) is 16.6. The molecular formula is C21H20F3N7O3. The van der Waals surface area contributed by atoms with Gasteiger partial charge in [-0.15, -0.1) is 23.4 Å². The van der Waals surface area contributed by atoms with E-state index >= 15 is 0 Å². The van der Waals surface area contributed by atoms with Crippen molar-refractivity contribution in [3.8, 4) is 5.75 Å². The highest BCUT2D eigenvalue weighted by molar-refractivity contribution is 5.90. The highest BCUT2D eigenvalue weighted by atomic mass is 19.4. The highest BCUT2D eigenvalue weighted by Gasteiger charge is 2.39. The van der Waals surface area contributed by atoms with Gasteiger partial charge in [0.2, 0.25) is 5.89 Å². The molecule has 10 nitrogen and oxygen atoms in total. The molecular weight excluding hydrogens is 455 g/mol. The average Bonchev–Trinajstić information content (AvgIpc) is 3.49. The topological polar surface area (TPSA) is 114 Å². The van der Waals surface area contributed by atoms with Gasteiger partial charge in [-0.25, -0.2) is 9.50 Å². The maximum absolute atomic E-state index is 13.4. The molecule has 0 spiro atoms. The van der Waals surface area contributed by atoms with E-state index in [4.69, 9.17) is 4.42 Å². The second-order valence-corrected chi connectivity index (χ2v) is 8.90. The number of ether oxygens (including phenoxy) is 1. The van der Waals surface area contributed by atoms with Crippen LogP contribution in [0.15, 0.2) is 35.1 Å². The summed E-state index contributed by atoms with van der Waals surface area (Å²) < 4.78 is 49.7. The van der Waals surface area contributed by atoms with Gasteiger partial charge in [0.1, 0.15) is 11.6 Å². The number of fused-ring (bicyclic) bond motifs is 2. The van der Waals surface area contributed by atoms with Crippen molar-refractivity contribution >= 4 is 11.4 Å². The lowest BCUT2D eigenvalue weighted by atomic mass is 9.97. The van der Waals surface area contributed by atoms with Crippen LogP contribution in [0.25, 0.3) is 5.52 Å². The fourth-order valence-corrected chi connectivity index (χ4v) is 3.88. The molecule has 34 heavy (non-hydrogen) atoms. The molecule has 5 rings (SSSR count). The number of nitrogens with one attached hydrogen (secondary N) is 1. The van der Waals surface area contributed by atoms with E-state index < -0.39 is 29.5 Å². The van der Waals surface area contributed by atoms with Crippen LogP contribution in [0.5, 0.6) is 5.75 Å². The molecule has 0 aliphatic carbocycles. The first-order chi connectivity index (χ1) is 16.0. The van der Waals surface area contributed by atoms with Crippen molar-refractivity contribution in [3.63, 3.8) is 0 Å². The van der Waals surface area contributed by atoms with Crippen LogP contribution in [0.2, 0.25) is 0 Å². The summed E-state index contributed by atoms with van der Waals surface area (Å²) in [4.78, 5) is 22.3. The molecule has 0 fully saturated rings. The zero-order chi connectivity index (χ0) is 24.3. The van der Waals surface area contributed by atoms with Gasteiger partial charge in [0.25, 0.3) is 0 Å². The standard InChI is InChI=1S/C21H20F3N7O3/c1-20(2,3)19-28-27-17(33-19)18(32)30-8-6-11-15(26-10-25-11)16(30)12-9-13-14(34-21(22,23)24)5-4-7-31(13)29-12/h4-5,7,9-10,16H,6,8H2,1-3H3,(H,25,26)/t16-/m0/s1. The van der Waals surface area contributed by atoms with Crippen molar-refractivity contribution in [1.82, 2.24) is 34.7 Å².